The second kappa shape index (κ2) is 7.53. The zero-order chi connectivity index (χ0) is 19.6. The van der Waals surface area contributed by atoms with Crippen molar-refractivity contribution >= 4 is 17.4 Å². The minimum Gasteiger partial charge on any atom is -0.399 e. The zero-order valence-electron chi connectivity index (χ0n) is 15.9. The van der Waals surface area contributed by atoms with Crippen molar-refractivity contribution in [1.29, 1.82) is 0 Å². The molecule has 6 nitrogen and oxygen atoms in total. The number of hydrogen-bond donors (Lipinski definition) is 4. The number of H-pyrrole nitrogens is 1. The topological polar surface area (TPSA) is 110 Å². The fraction of sp³-hybridized carbons (Fsp3) is 0.238. The van der Waals surface area contributed by atoms with Gasteiger partial charge in [-0.3, -0.25) is 9.89 Å². The van der Waals surface area contributed by atoms with Crippen LogP contribution in [0.3, 0.4) is 0 Å². The second-order valence-corrected chi connectivity index (χ2v) is 6.92. The van der Waals surface area contributed by atoms with E-state index in [-0.39, 0.29) is 0 Å². The van der Waals surface area contributed by atoms with Crippen LogP contribution in [0, 0.1) is 20.8 Å². The maximum Gasteiger partial charge on any atom is 0.254 e. The summed E-state index contributed by atoms with van der Waals surface area (Å²) in [6.07, 6.45) is 0.524. The Hall–Kier alpha value is -3.28. The van der Waals surface area contributed by atoms with E-state index in [1.807, 2.05) is 24.3 Å². The number of primary amides is 1. The third-order valence-electron chi connectivity index (χ3n) is 4.90. The molecule has 6 N–H and O–H groups in total. The summed E-state index contributed by atoms with van der Waals surface area (Å²) in [5, 5.41) is 10.4. The molecule has 0 aliphatic heterocycles. The van der Waals surface area contributed by atoms with E-state index in [0.29, 0.717) is 35.7 Å². The van der Waals surface area contributed by atoms with E-state index < -0.39 is 5.91 Å². The van der Waals surface area contributed by atoms with Gasteiger partial charge in [0, 0.05) is 18.7 Å². The van der Waals surface area contributed by atoms with Gasteiger partial charge in [0.1, 0.15) is 5.56 Å². The van der Waals surface area contributed by atoms with Crippen molar-refractivity contribution in [3.8, 4) is 0 Å². The molecule has 1 heterocycles. The second-order valence-electron chi connectivity index (χ2n) is 6.92. The Labute approximate surface area is 159 Å². The van der Waals surface area contributed by atoms with Crippen LogP contribution in [0.1, 0.15) is 43.9 Å². The first-order valence-corrected chi connectivity index (χ1v) is 8.87. The number of aromatic nitrogens is 2. The maximum absolute atomic E-state index is 12.0. The standard InChI is InChI=1S/C21H25N5O/c1-12-8-16(9-13(2)14(12)3)11-24-21-19(20(23)27)18(25-26-21)10-15-4-6-17(22)7-5-15/h4-9H,10-11,22H2,1-3H3,(H2,23,27)(H2,24,25,26). The SMILES string of the molecule is Cc1cc(CNc2n[nH]c(Cc3ccc(N)cc3)c2C(N)=O)cc(C)c1C. The van der Waals surface area contributed by atoms with E-state index in [4.69, 9.17) is 11.5 Å². The molecule has 0 radical (unpaired) electrons. The van der Waals surface area contributed by atoms with E-state index >= 15 is 0 Å². The Balaban J connectivity index is 1.81. The summed E-state index contributed by atoms with van der Waals surface area (Å²) < 4.78 is 0. The van der Waals surface area contributed by atoms with Gasteiger partial charge in [-0.1, -0.05) is 24.3 Å². The molecule has 3 rings (SSSR count). The monoisotopic (exact) mass is 363 g/mol. The van der Waals surface area contributed by atoms with E-state index in [2.05, 4.69) is 48.4 Å². The molecule has 3 aromatic rings. The van der Waals surface area contributed by atoms with Crippen LogP contribution in [0.25, 0.3) is 0 Å². The quantitative estimate of drug-likeness (QED) is 0.504. The van der Waals surface area contributed by atoms with Crippen molar-refractivity contribution in [2.45, 2.75) is 33.7 Å². The molecule has 0 atom stereocenters. The molecule has 1 amide bonds. The number of amides is 1. The van der Waals surface area contributed by atoms with Gasteiger partial charge in [-0.05, 0) is 60.7 Å². The Morgan fingerprint density at radius 3 is 2.30 bits per heavy atom. The van der Waals surface area contributed by atoms with Crippen LogP contribution in [0.4, 0.5) is 11.5 Å². The Kier molecular flexibility index (Phi) is 5.16. The molecule has 0 fully saturated rings. The van der Waals surface area contributed by atoms with Crippen LogP contribution in [-0.4, -0.2) is 16.1 Å². The molecule has 0 saturated carbocycles. The molecule has 0 bridgehead atoms. The minimum absolute atomic E-state index is 0.396. The van der Waals surface area contributed by atoms with Gasteiger partial charge in [-0.2, -0.15) is 5.10 Å². The number of nitrogens with one attached hydrogen (secondary N) is 2. The van der Waals surface area contributed by atoms with Crippen LogP contribution < -0.4 is 16.8 Å². The molecular weight excluding hydrogens is 338 g/mol. The summed E-state index contributed by atoms with van der Waals surface area (Å²) in [6.45, 7) is 6.87. The fourth-order valence-corrected chi connectivity index (χ4v) is 3.15. The van der Waals surface area contributed by atoms with Gasteiger partial charge in [0.05, 0.1) is 5.69 Å². The van der Waals surface area contributed by atoms with Gasteiger partial charge >= 0.3 is 0 Å². The van der Waals surface area contributed by atoms with Gasteiger partial charge in [-0.15, -0.1) is 0 Å². The number of nitrogens with two attached hydrogens (primary N) is 2. The van der Waals surface area contributed by atoms with Crippen LogP contribution in [0.5, 0.6) is 0 Å². The van der Waals surface area contributed by atoms with Crippen molar-refractivity contribution in [3.63, 3.8) is 0 Å². The van der Waals surface area contributed by atoms with Crippen LogP contribution in [0.2, 0.25) is 0 Å². The Morgan fingerprint density at radius 1 is 1.07 bits per heavy atom. The van der Waals surface area contributed by atoms with Gasteiger partial charge in [0.2, 0.25) is 0 Å². The van der Waals surface area contributed by atoms with Crippen molar-refractivity contribution in [2.24, 2.45) is 5.73 Å². The molecule has 6 heteroatoms. The largest absolute Gasteiger partial charge is 0.399 e. The Morgan fingerprint density at radius 2 is 1.70 bits per heavy atom. The molecule has 0 aliphatic carbocycles. The summed E-state index contributed by atoms with van der Waals surface area (Å²) in [5.41, 5.74) is 19.1. The number of anilines is 2. The van der Waals surface area contributed by atoms with E-state index in [1.54, 1.807) is 0 Å². The molecular formula is C21H25N5O. The number of aryl methyl sites for hydroxylation is 2. The van der Waals surface area contributed by atoms with Gasteiger partial charge in [-0.25, -0.2) is 0 Å². The molecule has 140 valence electrons. The van der Waals surface area contributed by atoms with Crippen molar-refractivity contribution < 1.29 is 4.79 Å². The zero-order valence-corrected chi connectivity index (χ0v) is 15.9. The minimum atomic E-state index is -0.507. The maximum atomic E-state index is 12.0. The predicted octanol–water partition coefficient (Wildman–Crippen LogP) is 3.22. The first-order chi connectivity index (χ1) is 12.8. The number of carbonyl (C=O) groups is 1. The third-order valence-corrected chi connectivity index (χ3v) is 4.90. The van der Waals surface area contributed by atoms with E-state index in [1.165, 1.54) is 16.7 Å². The molecule has 0 spiro atoms. The highest BCUT2D eigenvalue weighted by Crippen LogP contribution is 2.22. The molecule has 0 saturated heterocycles. The lowest BCUT2D eigenvalue weighted by Gasteiger charge is -2.10. The number of nitrogens with zero attached hydrogens (tertiary/aromatic N) is 1. The summed E-state index contributed by atoms with van der Waals surface area (Å²) in [5.74, 6) is -0.0308. The molecule has 0 aliphatic rings. The number of hydrogen-bond acceptors (Lipinski definition) is 4. The normalized spacial score (nSPS) is 10.8. The summed E-state index contributed by atoms with van der Waals surface area (Å²) in [7, 11) is 0. The predicted molar refractivity (Wildman–Crippen MR) is 109 cm³/mol. The van der Waals surface area contributed by atoms with Crippen LogP contribution >= 0.6 is 0 Å². The van der Waals surface area contributed by atoms with Crippen molar-refractivity contribution in [3.05, 3.63) is 75.5 Å². The average Bonchev–Trinajstić information content (AvgIpc) is 3.02. The molecule has 1 aromatic heterocycles. The lowest BCUT2D eigenvalue weighted by Crippen LogP contribution is -2.15. The molecule has 27 heavy (non-hydrogen) atoms. The highest BCUT2D eigenvalue weighted by Gasteiger charge is 2.18. The van der Waals surface area contributed by atoms with Gasteiger partial charge < -0.3 is 16.8 Å². The average molecular weight is 363 g/mol. The number of benzene rings is 2. The summed E-state index contributed by atoms with van der Waals surface area (Å²) >= 11 is 0. The van der Waals surface area contributed by atoms with E-state index in [0.717, 1.165) is 11.1 Å². The number of aromatic amines is 1. The highest BCUT2D eigenvalue weighted by atomic mass is 16.1. The lowest BCUT2D eigenvalue weighted by atomic mass is 10.0. The Bertz CT molecular complexity index is 950. The van der Waals surface area contributed by atoms with Gasteiger partial charge in [0.25, 0.3) is 5.91 Å². The summed E-state index contributed by atoms with van der Waals surface area (Å²) in [6, 6.07) is 11.8. The molecule has 2 aromatic carbocycles. The van der Waals surface area contributed by atoms with Crippen molar-refractivity contribution in [1.82, 2.24) is 10.2 Å². The highest BCUT2D eigenvalue weighted by molar-refractivity contribution is 5.98. The number of rotatable bonds is 6. The summed E-state index contributed by atoms with van der Waals surface area (Å²) in [4.78, 5) is 12.0. The van der Waals surface area contributed by atoms with Crippen LogP contribution in [-0.2, 0) is 13.0 Å². The first kappa shape index (κ1) is 18.5. The first-order valence-electron chi connectivity index (χ1n) is 8.87. The number of carbonyl (C=O) groups excluding carboxylic acids is 1. The third kappa shape index (κ3) is 4.11. The number of nitrogen functional groups attached to an aromatic ring is 1. The lowest BCUT2D eigenvalue weighted by molar-refractivity contribution is 0.100. The van der Waals surface area contributed by atoms with Crippen molar-refractivity contribution in [2.75, 3.05) is 11.1 Å². The van der Waals surface area contributed by atoms with Crippen LogP contribution in [0.15, 0.2) is 36.4 Å². The smallest absolute Gasteiger partial charge is 0.254 e. The van der Waals surface area contributed by atoms with E-state index in [9.17, 15) is 4.79 Å². The fourth-order valence-electron chi connectivity index (χ4n) is 3.15. The molecule has 0 unspecified atom stereocenters. The van der Waals surface area contributed by atoms with Gasteiger partial charge in [0.15, 0.2) is 5.82 Å².